The number of allylic oxidation sites excluding steroid dienone is 1. The zero-order valence-electron chi connectivity index (χ0n) is 18.4. The molecule has 0 bridgehead atoms. The molecule has 1 aromatic heterocycles. The van der Waals surface area contributed by atoms with Gasteiger partial charge in [0.1, 0.15) is 0 Å². The van der Waals surface area contributed by atoms with Crippen LogP contribution in [0.1, 0.15) is 21.5 Å². The second kappa shape index (κ2) is 9.01. The lowest BCUT2D eigenvalue weighted by Crippen LogP contribution is -2.04. The molecule has 0 aliphatic heterocycles. The maximum atomic E-state index is 13.0. The lowest BCUT2D eigenvalue weighted by molar-refractivity contribution is 0.104. The largest absolute Gasteiger partial charge is 0.355 e. The van der Waals surface area contributed by atoms with Gasteiger partial charge in [-0.3, -0.25) is 4.79 Å². The highest BCUT2D eigenvalue weighted by atomic mass is 16.1. The zero-order chi connectivity index (χ0) is 22.6. The molecule has 3 nitrogen and oxygen atoms in total. The number of carbonyl (C=O) groups is 1. The number of ketones is 1. The fourth-order valence-corrected chi connectivity index (χ4v) is 3.97. The maximum Gasteiger partial charge on any atom is 0.187 e. The fourth-order valence-electron chi connectivity index (χ4n) is 3.97. The number of hydrogen-bond donors (Lipinski definition) is 2. The number of H-pyrrole nitrogens is 1. The Morgan fingerprint density at radius 3 is 2.03 bits per heavy atom. The third kappa shape index (κ3) is 4.48. The highest BCUT2D eigenvalue weighted by Crippen LogP contribution is 2.30. The second-order valence-electron chi connectivity index (χ2n) is 8.08. The predicted molar refractivity (Wildman–Crippen MR) is 137 cm³/mol. The molecule has 3 heteroatoms. The van der Waals surface area contributed by atoms with E-state index in [1.165, 1.54) is 0 Å². The van der Waals surface area contributed by atoms with Crippen molar-refractivity contribution in [3.63, 3.8) is 0 Å². The number of aromatic amines is 1. The molecule has 33 heavy (non-hydrogen) atoms. The van der Waals surface area contributed by atoms with Crippen LogP contribution in [0.25, 0.3) is 27.9 Å². The van der Waals surface area contributed by atoms with Crippen LogP contribution in [0, 0.1) is 6.92 Å². The lowest BCUT2D eigenvalue weighted by atomic mass is 10.1. The number of nitrogens with one attached hydrogen (secondary N) is 2. The molecule has 5 rings (SSSR count). The summed E-state index contributed by atoms with van der Waals surface area (Å²) in [5.41, 5.74) is 7.73. The first-order chi connectivity index (χ1) is 16.2. The van der Waals surface area contributed by atoms with Crippen LogP contribution in [0.5, 0.6) is 0 Å². The van der Waals surface area contributed by atoms with Crippen LogP contribution in [0.3, 0.4) is 0 Å². The summed E-state index contributed by atoms with van der Waals surface area (Å²) in [5, 5.41) is 4.68. The summed E-state index contributed by atoms with van der Waals surface area (Å²) in [4.78, 5) is 16.5. The zero-order valence-corrected chi connectivity index (χ0v) is 18.4. The Hall–Kier alpha value is -4.37. The van der Waals surface area contributed by atoms with Crippen molar-refractivity contribution in [3.05, 3.63) is 132 Å². The Labute approximate surface area is 193 Å². The summed E-state index contributed by atoms with van der Waals surface area (Å²) in [6, 6.07) is 36.0. The Morgan fingerprint density at radius 2 is 1.36 bits per heavy atom. The van der Waals surface area contributed by atoms with E-state index in [2.05, 4.69) is 47.6 Å². The third-order valence-electron chi connectivity index (χ3n) is 5.74. The van der Waals surface area contributed by atoms with E-state index >= 15 is 0 Å². The lowest BCUT2D eigenvalue weighted by Gasteiger charge is -2.14. The smallest absolute Gasteiger partial charge is 0.187 e. The molecule has 160 valence electrons. The van der Waals surface area contributed by atoms with Gasteiger partial charge in [0, 0.05) is 39.6 Å². The quantitative estimate of drug-likeness (QED) is 0.217. The van der Waals surface area contributed by atoms with Crippen molar-refractivity contribution >= 4 is 28.1 Å². The number of aromatic nitrogens is 1. The maximum absolute atomic E-state index is 13.0. The minimum Gasteiger partial charge on any atom is -0.355 e. The first-order valence-electron chi connectivity index (χ1n) is 11.0. The average Bonchev–Trinajstić information content (AvgIpc) is 3.28. The highest BCUT2D eigenvalue weighted by molar-refractivity contribution is 6.09. The molecule has 0 amide bonds. The van der Waals surface area contributed by atoms with Crippen molar-refractivity contribution in [1.82, 2.24) is 4.98 Å². The van der Waals surface area contributed by atoms with Crippen LogP contribution in [-0.4, -0.2) is 10.8 Å². The van der Waals surface area contributed by atoms with Gasteiger partial charge in [-0.25, -0.2) is 0 Å². The van der Waals surface area contributed by atoms with Crippen LogP contribution in [-0.2, 0) is 0 Å². The molecule has 5 aromatic rings. The topological polar surface area (TPSA) is 44.9 Å². The van der Waals surface area contributed by atoms with Gasteiger partial charge < -0.3 is 10.3 Å². The molecule has 1 heterocycles. The summed E-state index contributed by atoms with van der Waals surface area (Å²) in [5.74, 6) is -0.0353. The minimum atomic E-state index is -0.0353. The Bertz CT molecular complexity index is 1430. The van der Waals surface area contributed by atoms with Gasteiger partial charge in [-0.1, -0.05) is 91.0 Å². The van der Waals surface area contributed by atoms with E-state index < -0.39 is 0 Å². The number of hydrogen-bond acceptors (Lipinski definition) is 2. The van der Waals surface area contributed by atoms with Crippen molar-refractivity contribution in [3.8, 4) is 11.3 Å². The normalized spacial score (nSPS) is 11.5. The SMILES string of the molecule is Cc1cc2cc(-c3ccccc3)[nH]c2cc1N/C(=C\C(=O)c1ccccc1)c1ccccc1. The van der Waals surface area contributed by atoms with Gasteiger partial charge in [0.15, 0.2) is 5.78 Å². The molecule has 0 spiro atoms. The second-order valence-corrected chi connectivity index (χ2v) is 8.08. The molecule has 0 radical (unpaired) electrons. The molecular formula is C30H24N2O. The molecule has 2 N–H and O–H groups in total. The van der Waals surface area contributed by atoms with E-state index in [1.807, 2.05) is 78.9 Å². The summed E-state index contributed by atoms with van der Waals surface area (Å²) >= 11 is 0. The molecule has 0 aliphatic rings. The Balaban J connectivity index is 1.53. The molecule has 0 saturated carbocycles. The number of aryl methyl sites for hydroxylation is 1. The first kappa shape index (κ1) is 20.5. The highest BCUT2D eigenvalue weighted by Gasteiger charge is 2.11. The van der Waals surface area contributed by atoms with Gasteiger partial charge in [-0.15, -0.1) is 0 Å². The van der Waals surface area contributed by atoms with Gasteiger partial charge in [-0.05, 0) is 41.8 Å². The molecule has 0 fully saturated rings. The van der Waals surface area contributed by atoms with Gasteiger partial charge >= 0.3 is 0 Å². The van der Waals surface area contributed by atoms with Gasteiger partial charge in [-0.2, -0.15) is 0 Å². The molecule has 0 atom stereocenters. The molecule has 0 aliphatic carbocycles. The van der Waals surface area contributed by atoms with E-state index in [1.54, 1.807) is 6.08 Å². The van der Waals surface area contributed by atoms with E-state index in [0.717, 1.165) is 44.7 Å². The molecule has 0 saturated heterocycles. The number of rotatable bonds is 6. The van der Waals surface area contributed by atoms with Crippen molar-refractivity contribution in [1.29, 1.82) is 0 Å². The molecule has 0 unspecified atom stereocenters. The van der Waals surface area contributed by atoms with Crippen LogP contribution < -0.4 is 5.32 Å². The van der Waals surface area contributed by atoms with Crippen LogP contribution in [0.15, 0.2) is 115 Å². The van der Waals surface area contributed by atoms with Crippen LogP contribution >= 0.6 is 0 Å². The average molecular weight is 429 g/mol. The summed E-state index contributed by atoms with van der Waals surface area (Å²) in [6.07, 6.45) is 1.68. The van der Waals surface area contributed by atoms with Crippen molar-refractivity contribution in [2.24, 2.45) is 0 Å². The number of anilines is 1. The van der Waals surface area contributed by atoms with E-state index in [0.29, 0.717) is 5.56 Å². The van der Waals surface area contributed by atoms with E-state index in [-0.39, 0.29) is 5.78 Å². The van der Waals surface area contributed by atoms with Crippen LogP contribution in [0.4, 0.5) is 5.69 Å². The molecular weight excluding hydrogens is 404 g/mol. The van der Waals surface area contributed by atoms with Gasteiger partial charge in [0.05, 0.1) is 0 Å². The number of benzene rings is 4. The first-order valence-corrected chi connectivity index (χ1v) is 11.0. The molecule has 4 aromatic carbocycles. The number of carbonyl (C=O) groups excluding carboxylic acids is 1. The minimum absolute atomic E-state index is 0.0353. The standard InChI is InChI=1S/C30H24N2O/c1-21-17-25-18-27(22-11-5-2-6-12-22)32-28(25)19-26(21)31-29(23-13-7-3-8-14-23)20-30(33)24-15-9-4-10-16-24/h2-20,31-32H,1H3/b29-20-. The van der Waals surface area contributed by atoms with E-state index in [9.17, 15) is 4.79 Å². The third-order valence-corrected chi connectivity index (χ3v) is 5.74. The van der Waals surface area contributed by atoms with Gasteiger partial charge in [0.2, 0.25) is 0 Å². The van der Waals surface area contributed by atoms with Crippen molar-refractivity contribution < 1.29 is 4.79 Å². The fraction of sp³-hybridized carbons (Fsp3) is 0.0333. The Kier molecular flexibility index (Phi) is 5.61. The summed E-state index contributed by atoms with van der Waals surface area (Å²) < 4.78 is 0. The van der Waals surface area contributed by atoms with E-state index in [4.69, 9.17) is 0 Å². The number of fused-ring (bicyclic) bond motifs is 1. The van der Waals surface area contributed by atoms with Gasteiger partial charge in [0.25, 0.3) is 0 Å². The van der Waals surface area contributed by atoms with Crippen LogP contribution in [0.2, 0.25) is 0 Å². The monoisotopic (exact) mass is 428 g/mol. The predicted octanol–water partition coefficient (Wildman–Crippen LogP) is 7.48. The summed E-state index contributed by atoms with van der Waals surface area (Å²) in [6.45, 7) is 2.08. The summed E-state index contributed by atoms with van der Waals surface area (Å²) in [7, 11) is 0. The Morgan fingerprint density at radius 1 is 0.758 bits per heavy atom. The van der Waals surface area contributed by atoms with Crippen molar-refractivity contribution in [2.75, 3.05) is 5.32 Å². The van der Waals surface area contributed by atoms with Crippen molar-refractivity contribution in [2.45, 2.75) is 6.92 Å².